The summed E-state index contributed by atoms with van der Waals surface area (Å²) in [4.78, 5) is 10.9. The molecule has 1 aliphatic rings. The summed E-state index contributed by atoms with van der Waals surface area (Å²) in [7, 11) is 0. The molecule has 0 bridgehead atoms. The lowest BCUT2D eigenvalue weighted by molar-refractivity contribution is -0.885. The zero-order valence-electron chi connectivity index (χ0n) is 12.5. The van der Waals surface area contributed by atoms with Crippen LogP contribution in [-0.4, -0.2) is 36.1 Å². The van der Waals surface area contributed by atoms with E-state index in [1.807, 2.05) is 18.2 Å². The number of aryl methyl sites for hydroxylation is 1. The largest absolute Gasteiger partial charge is 0.364 e. The van der Waals surface area contributed by atoms with Crippen LogP contribution in [0.1, 0.15) is 25.6 Å². The first kappa shape index (κ1) is 14.5. The molecule has 1 aliphatic heterocycles. The normalized spacial score (nSPS) is 15.7. The van der Waals surface area contributed by atoms with Crippen LogP contribution in [0.25, 0.3) is 10.9 Å². The van der Waals surface area contributed by atoms with Crippen LogP contribution in [-0.2, 0) is 6.42 Å². The predicted octanol–water partition coefficient (Wildman–Crippen LogP) is 1.94. The van der Waals surface area contributed by atoms with Crippen molar-refractivity contribution in [1.82, 2.24) is 9.97 Å². The highest BCUT2D eigenvalue weighted by Crippen LogP contribution is 2.23. The van der Waals surface area contributed by atoms with Gasteiger partial charge in [-0.05, 0) is 18.2 Å². The highest BCUT2D eigenvalue weighted by atomic mass is 35.5. The molecule has 21 heavy (non-hydrogen) atoms. The van der Waals surface area contributed by atoms with E-state index < -0.39 is 0 Å². The summed E-state index contributed by atoms with van der Waals surface area (Å²) >= 11 is 6.07. The van der Waals surface area contributed by atoms with Crippen molar-refractivity contribution in [3.63, 3.8) is 0 Å². The molecule has 4 nitrogen and oxygen atoms in total. The van der Waals surface area contributed by atoms with Crippen LogP contribution in [0.4, 0.5) is 5.82 Å². The number of hydrogen-bond acceptors (Lipinski definition) is 3. The molecule has 0 amide bonds. The van der Waals surface area contributed by atoms with Crippen LogP contribution >= 0.6 is 11.6 Å². The quantitative estimate of drug-likeness (QED) is 0.887. The highest BCUT2D eigenvalue weighted by Gasteiger charge is 2.15. The van der Waals surface area contributed by atoms with E-state index in [9.17, 15) is 0 Å². The van der Waals surface area contributed by atoms with Crippen molar-refractivity contribution in [2.45, 2.75) is 26.2 Å². The maximum absolute atomic E-state index is 6.07. The summed E-state index contributed by atoms with van der Waals surface area (Å²) in [5.41, 5.74) is 0.922. The van der Waals surface area contributed by atoms with E-state index in [0.29, 0.717) is 0 Å². The second kappa shape index (κ2) is 6.58. The Morgan fingerprint density at radius 3 is 2.81 bits per heavy atom. The molecule has 0 radical (unpaired) electrons. The minimum absolute atomic E-state index is 0.718. The second-order valence-electron chi connectivity index (χ2n) is 5.64. The first-order chi connectivity index (χ1) is 10.3. The molecular formula is C16H22ClN4+. The minimum Gasteiger partial charge on any atom is -0.364 e. The van der Waals surface area contributed by atoms with Crippen LogP contribution < -0.4 is 10.2 Å². The molecule has 0 saturated carbocycles. The fourth-order valence-electron chi connectivity index (χ4n) is 2.93. The number of hydrogen-bond donors (Lipinski definition) is 2. The molecule has 0 unspecified atom stereocenters. The van der Waals surface area contributed by atoms with Gasteiger partial charge in [-0.3, -0.25) is 0 Å². The Morgan fingerprint density at radius 2 is 2.05 bits per heavy atom. The van der Waals surface area contributed by atoms with Gasteiger partial charge in [-0.2, -0.15) is 0 Å². The fourth-order valence-corrected chi connectivity index (χ4v) is 3.09. The van der Waals surface area contributed by atoms with Crippen molar-refractivity contribution in [2.24, 2.45) is 0 Å². The number of anilines is 1. The molecule has 2 aromatic rings. The lowest BCUT2D eigenvalue weighted by Crippen LogP contribution is -3.10. The van der Waals surface area contributed by atoms with Gasteiger partial charge in [-0.15, -0.1) is 0 Å². The number of nitrogens with one attached hydrogen (secondary N) is 2. The fraction of sp³-hybridized carbons (Fsp3) is 0.500. The molecule has 5 heteroatoms. The summed E-state index contributed by atoms with van der Waals surface area (Å²) in [6, 6.07) is 5.81. The second-order valence-corrected chi connectivity index (χ2v) is 6.07. The third kappa shape index (κ3) is 3.44. The Balaban J connectivity index is 1.78. The lowest BCUT2D eigenvalue weighted by atomic mass is 10.2. The number of halogens is 1. The number of likely N-dealkylation sites (tertiary alicyclic amines) is 1. The van der Waals surface area contributed by atoms with E-state index in [0.717, 1.165) is 47.1 Å². The maximum atomic E-state index is 6.07. The van der Waals surface area contributed by atoms with Crippen LogP contribution in [0.2, 0.25) is 5.02 Å². The van der Waals surface area contributed by atoms with Crippen molar-refractivity contribution in [3.05, 3.63) is 29.0 Å². The standard InChI is InChI=1S/C16H21ClN4/c1-2-15-19-14-11-12(17)5-6-13(14)16(20-15)18-7-10-21-8-3-4-9-21/h5-6,11H,2-4,7-10H2,1H3,(H,18,19,20)/p+1. The van der Waals surface area contributed by atoms with Gasteiger partial charge in [0.25, 0.3) is 0 Å². The third-order valence-corrected chi connectivity index (χ3v) is 4.34. The molecule has 1 fully saturated rings. The lowest BCUT2D eigenvalue weighted by Gasteiger charge is -2.14. The van der Waals surface area contributed by atoms with Crippen molar-refractivity contribution in [3.8, 4) is 0 Å². The Bertz CT molecular complexity index is 623. The van der Waals surface area contributed by atoms with Crippen molar-refractivity contribution in [2.75, 3.05) is 31.5 Å². The molecule has 0 spiro atoms. The third-order valence-electron chi connectivity index (χ3n) is 4.10. The smallest absolute Gasteiger partial charge is 0.137 e. The molecule has 2 heterocycles. The number of rotatable bonds is 5. The minimum atomic E-state index is 0.718. The molecule has 1 aromatic carbocycles. The van der Waals surface area contributed by atoms with E-state index in [2.05, 4.69) is 22.2 Å². The van der Waals surface area contributed by atoms with Crippen LogP contribution in [0.15, 0.2) is 18.2 Å². The van der Waals surface area contributed by atoms with E-state index in [4.69, 9.17) is 11.6 Å². The molecule has 0 aliphatic carbocycles. The average molecular weight is 306 g/mol. The summed E-state index contributed by atoms with van der Waals surface area (Å²) in [6.45, 7) is 6.79. The first-order valence-corrected chi connectivity index (χ1v) is 8.17. The number of nitrogens with zero attached hydrogens (tertiary/aromatic N) is 2. The topological polar surface area (TPSA) is 42.2 Å². The van der Waals surface area contributed by atoms with Gasteiger partial charge in [0, 0.05) is 29.7 Å². The summed E-state index contributed by atoms with van der Waals surface area (Å²) in [5, 5.41) is 5.26. The van der Waals surface area contributed by atoms with E-state index in [-0.39, 0.29) is 0 Å². The molecule has 2 N–H and O–H groups in total. The Labute approximate surface area is 130 Å². The first-order valence-electron chi connectivity index (χ1n) is 7.80. The molecule has 1 aromatic heterocycles. The average Bonchev–Trinajstić information content (AvgIpc) is 2.99. The zero-order valence-corrected chi connectivity index (χ0v) is 13.2. The summed E-state index contributed by atoms with van der Waals surface area (Å²) in [5.74, 6) is 1.80. The molecule has 112 valence electrons. The number of aromatic nitrogens is 2. The number of quaternary nitrogens is 1. The SMILES string of the molecule is CCc1nc(NCC[NH+]2CCCC2)c2ccc(Cl)cc2n1. The van der Waals surface area contributed by atoms with Crippen LogP contribution in [0.5, 0.6) is 0 Å². The van der Waals surface area contributed by atoms with E-state index >= 15 is 0 Å². The number of fused-ring (bicyclic) bond motifs is 1. The summed E-state index contributed by atoms with van der Waals surface area (Å²) < 4.78 is 0. The van der Waals surface area contributed by atoms with Gasteiger partial charge >= 0.3 is 0 Å². The monoisotopic (exact) mass is 305 g/mol. The van der Waals surface area contributed by atoms with Gasteiger partial charge in [0.2, 0.25) is 0 Å². The van der Waals surface area contributed by atoms with Gasteiger partial charge < -0.3 is 10.2 Å². The van der Waals surface area contributed by atoms with Gasteiger partial charge in [0.05, 0.1) is 31.7 Å². The van der Waals surface area contributed by atoms with Gasteiger partial charge in [-0.1, -0.05) is 18.5 Å². The van der Waals surface area contributed by atoms with Crippen LogP contribution in [0, 0.1) is 0 Å². The van der Waals surface area contributed by atoms with E-state index in [1.165, 1.54) is 25.9 Å². The van der Waals surface area contributed by atoms with E-state index in [1.54, 1.807) is 4.90 Å². The van der Waals surface area contributed by atoms with Crippen molar-refractivity contribution < 1.29 is 4.90 Å². The van der Waals surface area contributed by atoms with Gasteiger partial charge in [0.1, 0.15) is 11.6 Å². The molecule has 1 saturated heterocycles. The van der Waals surface area contributed by atoms with Gasteiger partial charge in [-0.25, -0.2) is 9.97 Å². The molecular weight excluding hydrogens is 284 g/mol. The molecule has 0 atom stereocenters. The summed E-state index contributed by atoms with van der Waals surface area (Å²) in [6.07, 6.45) is 3.56. The van der Waals surface area contributed by atoms with Crippen LogP contribution in [0.3, 0.4) is 0 Å². The van der Waals surface area contributed by atoms with Gasteiger partial charge in [0.15, 0.2) is 0 Å². The highest BCUT2D eigenvalue weighted by molar-refractivity contribution is 6.31. The van der Waals surface area contributed by atoms with Crippen molar-refractivity contribution in [1.29, 1.82) is 0 Å². The Morgan fingerprint density at radius 1 is 1.24 bits per heavy atom. The van der Waals surface area contributed by atoms with Crippen molar-refractivity contribution >= 4 is 28.3 Å². The maximum Gasteiger partial charge on any atom is 0.137 e. The molecule has 3 rings (SSSR count). The predicted molar refractivity (Wildman–Crippen MR) is 87.2 cm³/mol. The zero-order chi connectivity index (χ0) is 14.7. The Kier molecular flexibility index (Phi) is 4.56. The Hall–Kier alpha value is -1.39. The number of benzene rings is 1.